The normalized spacial score (nSPS) is 10.5. The van der Waals surface area contributed by atoms with E-state index in [1.54, 1.807) is 0 Å². The summed E-state index contributed by atoms with van der Waals surface area (Å²) in [5.74, 6) is -0.476. The third kappa shape index (κ3) is 2.13. The minimum absolute atomic E-state index is 0.0615. The molecule has 2 N–H and O–H groups in total. The number of nitrogens with zero attached hydrogens (tertiary/aromatic N) is 1. The summed E-state index contributed by atoms with van der Waals surface area (Å²) in [5, 5.41) is 10.6. The minimum Gasteiger partial charge on any atom is -0.398 e. The Bertz CT molecular complexity index is 460. The van der Waals surface area contributed by atoms with Crippen LogP contribution in [-0.2, 0) is 0 Å². The van der Waals surface area contributed by atoms with Crippen molar-refractivity contribution in [2.45, 2.75) is 13.3 Å². The van der Waals surface area contributed by atoms with Crippen molar-refractivity contribution in [1.29, 1.82) is 0 Å². The molecule has 0 atom stereocenters. The number of nitrogens with two attached hydrogens (primary N) is 1. The molecule has 86 valence electrons. The highest BCUT2D eigenvalue weighted by molar-refractivity contribution is 5.96. The third-order valence-corrected chi connectivity index (χ3v) is 2.01. The number of nitrogen functional groups attached to an aromatic ring is 1. The molecule has 0 radical (unpaired) electrons. The quantitative estimate of drug-likeness (QED) is 0.373. The average Bonchev–Trinajstić information content (AvgIpc) is 2.15. The topological polar surface area (TPSA) is 86.2 Å². The first kappa shape index (κ1) is 12.0. The molecular formula is C9H8F2N2O3. The lowest BCUT2D eigenvalue weighted by Gasteiger charge is -2.07. The number of hydrogen-bond acceptors (Lipinski definition) is 4. The van der Waals surface area contributed by atoms with Gasteiger partial charge in [-0.1, -0.05) is 0 Å². The highest BCUT2D eigenvalue weighted by Crippen LogP contribution is 2.34. The minimum atomic E-state index is -3.05. The highest BCUT2D eigenvalue weighted by atomic mass is 19.3. The van der Waals surface area contributed by atoms with Crippen molar-refractivity contribution >= 4 is 17.2 Å². The van der Waals surface area contributed by atoms with E-state index in [0.29, 0.717) is 0 Å². The van der Waals surface area contributed by atoms with Crippen molar-refractivity contribution in [2.75, 3.05) is 5.73 Å². The van der Waals surface area contributed by atoms with Crippen molar-refractivity contribution in [3.05, 3.63) is 33.4 Å². The van der Waals surface area contributed by atoms with Gasteiger partial charge in [-0.15, -0.1) is 0 Å². The maximum atomic E-state index is 12.5. The summed E-state index contributed by atoms with van der Waals surface area (Å²) < 4.78 is 25.0. The van der Waals surface area contributed by atoms with Crippen molar-refractivity contribution < 1.29 is 18.5 Å². The van der Waals surface area contributed by atoms with Crippen LogP contribution in [0.5, 0.6) is 0 Å². The number of Topliss-reactive ketones (excluding diaryl/α,β-unsaturated/α-hetero) is 1. The number of carbonyl (C=O) groups excluding carboxylic acids is 1. The number of ketones is 1. The maximum absolute atomic E-state index is 12.5. The van der Waals surface area contributed by atoms with Crippen LogP contribution in [0.15, 0.2) is 12.1 Å². The summed E-state index contributed by atoms with van der Waals surface area (Å²) in [6.45, 7) is 1.17. The first-order valence-corrected chi connectivity index (χ1v) is 4.21. The van der Waals surface area contributed by atoms with Gasteiger partial charge in [0.15, 0.2) is 5.78 Å². The standard InChI is InChI=1S/C9H8F2N2O3/c1-4(14)5-2-6(12)8(9(10)11)7(3-5)13(15)16/h2-3,9H,12H2,1H3. The van der Waals surface area contributed by atoms with Crippen molar-refractivity contribution in [2.24, 2.45) is 0 Å². The SMILES string of the molecule is CC(=O)c1cc(N)c(C(F)F)c([N+](=O)[O-])c1. The van der Waals surface area contributed by atoms with E-state index in [9.17, 15) is 23.7 Å². The number of halogens is 2. The van der Waals surface area contributed by atoms with Gasteiger partial charge in [0.2, 0.25) is 0 Å². The van der Waals surface area contributed by atoms with Gasteiger partial charge in [0.1, 0.15) is 5.56 Å². The van der Waals surface area contributed by atoms with Gasteiger partial charge >= 0.3 is 0 Å². The van der Waals surface area contributed by atoms with Crippen LogP contribution in [0, 0.1) is 10.1 Å². The van der Waals surface area contributed by atoms with Gasteiger partial charge < -0.3 is 5.73 Å². The Morgan fingerprint density at radius 2 is 2.06 bits per heavy atom. The molecule has 0 aliphatic heterocycles. The summed E-state index contributed by atoms with van der Waals surface area (Å²) in [4.78, 5) is 20.6. The first-order valence-electron chi connectivity index (χ1n) is 4.21. The molecule has 0 heterocycles. The first-order chi connectivity index (χ1) is 7.34. The van der Waals surface area contributed by atoms with Gasteiger partial charge in [-0.05, 0) is 13.0 Å². The summed E-state index contributed by atoms with van der Waals surface area (Å²) in [7, 11) is 0. The van der Waals surface area contributed by atoms with Crippen LogP contribution in [0.3, 0.4) is 0 Å². The number of benzene rings is 1. The van der Waals surface area contributed by atoms with E-state index in [1.807, 2.05) is 0 Å². The van der Waals surface area contributed by atoms with E-state index in [2.05, 4.69) is 0 Å². The number of anilines is 1. The molecule has 0 fully saturated rings. The molecule has 0 aliphatic carbocycles. The van der Waals surface area contributed by atoms with Gasteiger partial charge in [-0.3, -0.25) is 14.9 Å². The molecule has 0 saturated heterocycles. The zero-order valence-corrected chi connectivity index (χ0v) is 8.24. The number of nitro benzene ring substituents is 1. The van der Waals surface area contributed by atoms with Crippen LogP contribution < -0.4 is 5.73 Å². The van der Waals surface area contributed by atoms with Crippen molar-refractivity contribution in [3.63, 3.8) is 0 Å². The molecule has 1 aromatic rings. The van der Waals surface area contributed by atoms with Gasteiger partial charge in [0.25, 0.3) is 12.1 Å². The van der Waals surface area contributed by atoms with E-state index in [-0.39, 0.29) is 5.56 Å². The Kier molecular flexibility index (Phi) is 3.17. The Labute approximate surface area is 89.0 Å². The van der Waals surface area contributed by atoms with E-state index >= 15 is 0 Å². The van der Waals surface area contributed by atoms with Crippen LogP contribution >= 0.6 is 0 Å². The molecule has 1 aromatic carbocycles. The van der Waals surface area contributed by atoms with Gasteiger partial charge in [-0.25, -0.2) is 8.78 Å². The van der Waals surface area contributed by atoms with Gasteiger partial charge in [0, 0.05) is 17.3 Å². The van der Waals surface area contributed by atoms with Crippen molar-refractivity contribution in [1.82, 2.24) is 0 Å². The molecule has 0 amide bonds. The lowest BCUT2D eigenvalue weighted by Crippen LogP contribution is -2.04. The van der Waals surface area contributed by atoms with Crippen LogP contribution in [-0.4, -0.2) is 10.7 Å². The molecule has 7 heteroatoms. The third-order valence-electron chi connectivity index (χ3n) is 2.01. The maximum Gasteiger partial charge on any atom is 0.281 e. The Morgan fingerprint density at radius 3 is 2.44 bits per heavy atom. The van der Waals surface area contributed by atoms with E-state index in [1.165, 1.54) is 6.92 Å². The predicted molar refractivity (Wildman–Crippen MR) is 52.5 cm³/mol. The number of carbonyl (C=O) groups is 1. The highest BCUT2D eigenvalue weighted by Gasteiger charge is 2.26. The number of hydrogen-bond donors (Lipinski definition) is 1. The van der Waals surface area contributed by atoms with E-state index in [4.69, 9.17) is 5.73 Å². The molecule has 1 rings (SSSR count). The summed E-state index contributed by atoms with van der Waals surface area (Å²) >= 11 is 0. The molecule has 0 unspecified atom stereocenters. The molecule has 0 aromatic heterocycles. The summed E-state index contributed by atoms with van der Waals surface area (Å²) in [6, 6.07) is 1.82. The summed E-state index contributed by atoms with van der Waals surface area (Å²) in [6.07, 6.45) is -3.05. The molecule has 0 bridgehead atoms. The van der Waals surface area contributed by atoms with Gasteiger partial charge in [0.05, 0.1) is 4.92 Å². The molecule has 0 saturated carbocycles. The predicted octanol–water partition coefficient (Wildman–Crippen LogP) is 2.32. The second-order valence-electron chi connectivity index (χ2n) is 3.11. The van der Waals surface area contributed by atoms with E-state index < -0.39 is 34.1 Å². The molecule has 0 aliphatic rings. The zero-order valence-electron chi connectivity index (χ0n) is 8.24. The Hall–Kier alpha value is -2.05. The largest absolute Gasteiger partial charge is 0.398 e. The molecule has 5 nitrogen and oxygen atoms in total. The Morgan fingerprint density at radius 1 is 1.50 bits per heavy atom. The molecule has 0 spiro atoms. The average molecular weight is 230 g/mol. The van der Waals surface area contributed by atoms with Crippen LogP contribution in [0.4, 0.5) is 20.2 Å². The fourth-order valence-electron chi connectivity index (χ4n) is 1.25. The zero-order chi connectivity index (χ0) is 12.5. The summed E-state index contributed by atoms with van der Waals surface area (Å²) in [5.41, 5.74) is 3.07. The van der Waals surface area contributed by atoms with Crippen LogP contribution in [0.25, 0.3) is 0 Å². The van der Waals surface area contributed by atoms with Crippen LogP contribution in [0.2, 0.25) is 0 Å². The Balaban J connectivity index is 3.52. The lowest BCUT2D eigenvalue weighted by atomic mass is 10.0. The van der Waals surface area contributed by atoms with Crippen molar-refractivity contribution in [3.8, 4) is 0 Å². The number of rotatable bonds is 3. The molecular weight excluding hydrogens is 222 g/mol. The lowest BCUT2D eigenvalue weighted by molar-refractivity contribution is -0.386. The number of nitro groups is 1. The van der Waals surface area contributed by atoms with Gasteiger partial charge in [-0.2, -0.15) is 0 Å². The fraction of sp³-hybridized carbons (Fsp3) is 0.222. The van der Waals surface area contributed by atoms with Crippen LogP contribution in [0.1, 0.15) is 29.3 Å². The van der Waals surface area contributed by atoms with E-state index in [0.717, 1.165) is 12.1 Å². The molecule has 16 heavy (non-hydrogen) atoms. The second-order valence-corrected chi connectivity index (χ2v) is 3.11. The monoisotopic (exact) mass is 230 g/mol. The second kappa shape index (κ2) is 4.21. The number of alkyl halides is 2. The smallest absolute Gasteiger partial charge is 0.281 e. The fourth-order valence-corrected chi connectivity index (χ4v) is 1.25.